The van der Waals surface area contributed by atoms with Crippen LogP contribution in [-0.2, 0) is 29.0 Å². The summed E-state index contributed by atoms with van der Waals surface area (Å²) in [5.41, 5.74) is 3.53. The summed E-state index contributed by atoms with van der Waals surface area (Å²) in [6.07, 6.45) is 11.6. The van der Waals surface area contributed by atoms with Crippen molar-refractivity contribution in [2.75, 3.05) is 7.11 Å². The molecule has 3 N–H and O–H groups in total. The van der Waals surface area contributed by atoms with Gasteiger partial charge in [0, 0.05) is 19.3 Å². The van der Waals surface area contributed by atoms with E-state index in [-0.39, 0.29) is 36.6 Å². The van der Waals surface area contributed by atoms with Gasteiger partial charge >= 0.3 is 0 Å². The molecule has 0 aliphatic carbocycles. The Labute approximate surface area is 233 Å². The molecule has 0 heterocycles. The Balaban J connectivity index is 0. The first-order chi connectivity index (χ1) is 17.5. The molecule has 0 amide bonds. The van der Waals surface area contributed by atoms with Crippen LogP contribution in [0.2, 0.25) is 0 Å². The third kappa shape index (κ3) is 27.9. The quantitative estimate of drug-likeness (QED) is 0.103. The normalized spacial score (nSPS) is 12.1. The number of unbranched alkanes of at least 4 members (excludes halogenated alkanes) is 3. The summed E-state index contributed by atoms with van der Waals surface area (Å²) in [6, 6.07) is 0. The van der Waals surface area contributed by atoms with Crippen molar-refractivity contribution in [3.63, 3.8) is 0 Å². The number of ketones is 3. The lowest BCUT2D eigenvalue weighted by molar-refractivity contribution is -0.474. The van der Waals surface area contributed by atoms with E-state index in [1.165, 1.54) is 0 Å². The van der Waals surface area contributed by atoms with Gasteiger partial charge in [-0.2, -0.15) is 0 Å². The van der Waals surface area contributed by atoms with Crippen LogP contribution in [-0.4, -0.2) is 43.0 Å². The molecule has 0 aromatic carbocycles. The molecule has 0 aliphatic rings. The zero-order valence-corrected chi connectivity index (χ0v) is 26.1. The molecule has 0 aliphatic heterocycles. The highest BCUT2D eigenvalue weighted by atomic mass is 32.3. The molecule has 0 spiro atoms. The van der Waals surface area contributed by atoms with Crippen LogP contribution in [0, 0.1) is 17.8 Å². The molecule has 0 bridgehead atoms. The van der Waals surface area contributed by atoms with Gasteiger partial charge in [0.2, 0.25) is 10.4 Å². The zero-order valence-electron chi connectivity index (χ0n) is 25.3. The molecule has 0 radical (unpaired) electrons. The Kier molecular flexibility index (Phi) is 22.2. The fraction of sp³-hybridized carbons (Fsp3) is 0.897. The molecule has 0 unspecified atom stereocenters. The van der Waals surface area contributed by atoms with Crippen molar-refractivity contribution >= 4 is 27.7 Å². The summed E-state index contributed by atoms with van der Waals surface area (Å²) in [5.74, 6) is 2.42. The minimum absolute atomic E-state index is 0.156. The standard InChI is InChI=1S/C28H53NO3.CH4O4S/c1-22(2)13-7-10-16-25(30)19-28(29,20-26(31)17-11-8-14-23(3)4)21-27(32)18-12-9-15-24(5)6;1-5-6(2,3)4/h22-24H,7-21,29H2,1-6H3;1H3,(H,2,3,4). The maximum absolute atomic E-state index is 12.7. The first-order valence-corrected chi connectivity index (χ1v) is 15.7. The van der Waals surface area contributed by atoms with Gasteiger partial charge in [-0.25, -0.2) is 8.42 Å². The van der Waals surface area contributed by atoms with Crippen molar-refractivity contribution in [1.29, 1.82) is 0 Å². The number of carbonyl (C=O) groups is 3. The molecule has 0 atom stereocenters. The van der Waals surface area contributed by atoms with Crippen molar-refractivity contribution in [2.45, 2.75) is 143 Å². The fourth-order valence-corrected chi connectivity index (χ4v) is 4.33. The van der Waals surface area contributed by atoms with Gasteiger partial charge in [-0.3, -0.25) is 18.6 Å². The maximum atomic E-state index is 12.7. The third-order valence-electron chi connectivity index (χ3n) is 6.38. The van der Waals surface area contributed by atoms with Crippen LogP contribution in [0.5, 0.6) is 0 Å². The summed E-state index contributed by atoms with van der Waals surface area (Å²) in [7, 11) is -3.60. The van der Waals surface area contributed by atoms with Gasteiger partial charge < -0.3 is 10.3 Å². The summed E-state index contributed by atoms with van der Waals surface area (Å²) in [6.45, 7) is 13.2. The number of carbonyl (C=O) groups excluding carboxylic acids is 3. The molecule has 226 valence electrons. The molecule has 0 aromatic heterocycles. The van der Waals surface area contributed by atoms with Crippen LogP contribution in [0.15, 0.2) is 0 Å². The largest absolute Gasteiger partial charge is 0.726 e. The number of quaternary nitrogens is 1. The first-order valence-electron chi connectivity index (χ1n) is 14.4. The van der Waals surface area contributed by atoms with Crippen molar-refractivity contribution < 1.29 is 37.3 Å². The third-order valence-corrected chi connectivity index (χ3v) is 6.79. The second-order valence-electron chi connectivity index (χ2n) is 12.1. The van der Waals surface area contributed by atoms with E-state index in [0.29, 0.717) is 37.0 Å². The van der Waals surface area contributed by atoms with Crippen LogP contribution in [0.25, 0.3) is 0 Å². The predicted molar refractivity (Wildman–Crippen MR) is 151 cm³/mol. The average Bonchev–Trinajstić information content (AvgIpc) is 2.76. The Bertz CT molecular complexity index is 687. The van der Waals surface area contributed by atoms with Gasteiger partial charge in [0.25, 0.3) is 0 Å². The van der Waals surface area contributed by atoms with Gasteiger partial charge in [0.05, 0.1) is 26.4 Å². The van der Waals surface area contributed by atoms with Crippen molar-refractivity contribution in [2.24, 2.45) is 17.8 Å². The molecule has 9 heteroatoms. The van der Waals surface area contributed by atoms with Crippen molar-refractivity contribution in [3.05, 3.63) is 0 Å². The smallest absolute Gasteiger partial charge is 0.217 e. The van der Waals surface area contributed by atoms with E-state index < -0.39 is 15.9 Å². The van der Waals surface area contributed by atoms with Gasteiger partial charge in [-0.05, 0) is 37.0 Å². The van der Waals surface area contributed by atoms with Gasteiger partial charge in [0.15, 0.2) is 0 Å². The van der Waals surface area contributed by atoms with Crippen molar-refractivity contribution in [1.82, 2.24) is 0 Å². The Morgan fingerprint density at radius 2 is 0.895 bits per heavy atom. The number of rotatable bonds is 22. The van der Waals surface area contributed by atoms with Crippen LogP contribution in [0.3, 0.4) is 0 Å². The molecular weight excluding hydrogens is 506 g/mol. The van der Waals surface area contributed by atoms with E-state index in [1.54, 1.807) is 0 Å². The number of hydrogen-bond donors (Lipinski definition) is 1. The minimum atomic E-state index is -4.41. The topological polar surface area (TPSA) is 145 Å². The van der Waals surface area contributed by atoms with Crippen LogP contribution < -0.4 is 5.73 Å². The average molecular weight is 564 g/mol. The molecule has 0 fully saturated rings. The summed E-state index contributed by atoms with van der Waals surface area (Å²) >= 11 is 0. The molecular formula is C29H57NO7S. The lowest BCUT2D eigenvalue weighted by Gasteiger charge is -2.24. The van der Waals surface area contributed by atoms with E-state index in [2.05, 4.69) is 51.5 Å². The van der Waals surface area contributed by atoms with Crippen LogP contribution >= 0.6 is 0 Å². The molecule has 0 rings (SSSR count). The van der Waals surface area contributed by atoms with E-state index in [1.807, 2.05) is 0 Å². The zero-order chi connectivity index (χ0) is 29.8. The van der Waals surface area contributed by atoms with Crippen LogP contribution in [0.1, 0.15) is 138 Å². The lowest BCUT2D eigenvalue weighted by atomic mass is 9.81. The van der Waals surface area contributed by atoms with Gasteiger partial charge in [0.1, 0.15) is 22.9 Å². The molecule has 0 aromatic rings. The monoisotopic (exact) mass is 563 g/mol. The first kappa shape index (κ1) is 39.0. The minimum Gasteiger partial charge on any atom is -0.726 e. The van der Waals surface area contributed by atoms with Crippen LogP contribution in [0.4, 0.5) is 0 Å². The highest BCUT2D eigenvalue weighted by Gasteiger charge is 2.36. The Morgan fingerprint density at radius 1 is 0.658 bits per heavy atom. The van der Waals surface area contributed by atoms with E-state index in [4.69, 9.17) is 0 Å². The summed E-state index contributed by atoms with van der Waals surface area (Å²) in [4.78, 5) is 38.0. The lowest BCUT2D eigenvalue weighted by Crippen LogP contribution is -2.74. The highest BCUT2D eigenvalue weighted by Crippen LogP contribution is 2.22. The highest BCUT2D eigenvalue weighted by molar-refractivity contribution is 7.80. The van der Waals surface area contributed by atoms with E-state index in [9.17, 15) is 27.4 Å². The number of Topliss-reactive ketones (excluding diaryl/α,β-unsaturated/α-hetero) is 3. The molecule has 38 heavy (non-hydrogen) atoms. The molecule has 8 nitrogen and oxygen atoms in total. The van der Waals surface area contributed by atoms with Crippen molar-refractivity contribution in [3.8, 4) is 0 Å². The molecule has 0 saturated heterocycles. The second kappa shape index (κ2) is 21.6. The summed E-state index contributed by atoms with van der Waals surface area (Å²) < 4.78 is 31.0. The predicted octanol–water partition coefficient (Wildman–Crippen LogP) is 5.59. The fourth-order valence-electron chi connectivity index (χ4n) is 4.33. The second-order valence-corrected chi connectivity index (χ2v) is 13.3. The van der Waals surface area contributed by atoms with Gasteiger partial charge in [-0.15, -0.1) is 0 Å². The van der Waals surface area contributed by atoms with E-state index >= 15 is 0 Å². The molecule has 0 saturated carbocycles. The maximum Gasteiger partial charge on any atom is 0.217 e. The van der Waals surface area contributed by atoms with E-state index in [0.717, 1.165) is 64.9 Å². The Hall–Kier alpha value is -1.16. The number of hydrogen-bond acceptors (Lipinski definition) is 7. The Morgan fingerprint density at radius 3 is 1.08 bits per heavy atom. The SMILES string of the molecule is CC(C)CCCCC(=O)CC([NH3+])(CC(=O)CCCCC(C)C)CC(=O)CCCCC(C)C.COS(=O)(=O)[O-]. The summed E-state index contributed by atoms with van der Waals surface area (Å²) in [5, 5.41) is 0. The van der Waals surface area contributed by atoms with Gasteiger partial charge in [-0.1, -0.05) is 80.1 Å².